The van der Waals surface area contributed by atoms with Gasteiger partial charge >= 0.3 is 7.25 Å². The highest BCUT2D eigenvalue weighted by atomic mass is 16.4. The van der Waals surface area contributed by atoms with Gasteiger partial charge in [0.05, 0.1) is 0 Å². The number of anilines is 1. The van der Waals surface area contributed by atoms with Crippen LogP contribution in [0.1, 0.15) is 0 Å². The molecule has 0 aromatic rings. The lowest BCUT2D eigenvalue weighted by atomic mass is 10.2. The average Bonchev–Trinajstić information content (AvgIpc) is 2.38. The Morgan fingerprint density at radius 3 is 1.64 bits per heavy atom. The highest BCUT2D eigenvalue weighted by Gasteiger charge is 2.11. The molecule has 2 aliphatic carbocycles. The summed E-state index contributed by atoms with van der Waals surface area (Å²) in [5, 5.41) is 14.8. The van der Waals surface area contributed by atoms with Gasteiger partial charge in [-0.2, -0.15) is 0 Å². The predicted molar refractivity (Wildman–Crippen MR) is 44.2 cm³/mol. The average molecular weight is 152 g/mol. The van der Waals surface area contributed by atoms with Crippen LogP contribution in [-0.2, 0) is 0 Å². The topological polar surface area (TPSA) is 92.5 Å². The molecule has 0 atom stereocenters. The number of nitrogen functional groups attached to an aromatic ring is 1. The van der Waals surface area contributed by atoms with Crippen molar-refractivity contribution >= 4 is 12.9 Å². The molecule has 2 aliphatic rings. The van der Waals surface area contributed by atoms with Crippen molar-refractivity contribution in [2.45, 2.75) is 0 Å². The van der Waals surface area contributed by atoms with Crippen LogP contribution in [-0.4, -0.2) is 17.3 Å². The molecule has 11 heavy (non-hydrogen) atoms. The predicted octanol–water partition coefficient (Wildman–Crippen LogP) is -0.836. The largest absolute Gasteiger partial charge is 0.546 e. The van der Waals surface area contributed by atoms with Crippen LogP contribution in [0.15, 0.2) is 18.2 Å². The van der Waals surface area contributed by atoms with E-state index in [9.17, 15) is 0 Å². The Labute approximate surface area is 64.6 Å². The summed E-state index contributed by atoms with van der Waals surface area (Å²) < 4.78 is 0. The number of fused-ring (bicyclic) bond motifs is 1. The zero-order chi connectivity index (χ0) is 8.43. The van der Waals surface area contributed by atoms with Crippen LogP contribution in [0.25, 0.3) is 11.1 Å². The minimum atomic E-state index is -1.67. The number of nitrogens with two attached hydrogens (primary N) is 2. The molecule has 0 aliphatic heterocycles. The molecule has 4 nitrogen and oxygen atoms in total. The fourth-order valence-corrected chi connectivity index (χ4v) is 0.782. The number of hydrogen-bond donors (Lipinski definition) is 4. The molecule has 0 unspecified atom stereocenters. The lowest BCUT2D eigenvalue weighted by molar-refractivity contribution is 0.409. The molecule has 6 N–H and O–H groups in total. The van der Waals surface area contributed by atoms with Gasteiger partial charge in [-0.25, -0.2) is 0 Å². The van der Waals surface area contributed by atoms with E-state index in [2.05, 4.69) is 11.7 Å². The van der Waals surface area contributed by atoms with Gasteiger partial charge in [0.2, 0.25) is 0 Å². The first-order chi connectivity index (χ1) is 5.09. The number of benzene rings is 1. The molecule has 0 saturated heterocycles. The molecular formula is C6H9BN2O2. The van der Waals surface area contributed by atoms with Crippen LogP contribution in [0.4, 0.5) is 5.69 Å². The van der Waals surface area contributed by atoms with Crippen molar-refractivity contribution in [3.05, 3.63) is 18.2 Å². The molecular weight excluding hydrogens is 143 g/mol. The minimum Gasteiger partial charge on any atom is -0.413 e. The maximum atomic E-state index is 7.39. The lowest BCUT2D eigenvalue weighted by Crippen LogP contribution is -2.23. The van der Waals surface area contributed by atoms with Crippen LogP contribution in [0, 0.1) is 0 Å². The molecule has 0 bridgehead atoms. The molecule has 0 saturated carbocycles. The van der Waals surface area contributed by atoms with E-state index in [-0.39, 0.29) is 0 Å². The first-order valence-electron chi connectivity index (χ1n) is 3.12. The van der Waals surface area contributed by atoms with Crippen molar-refractivity contribution in [1.29, 1.82) is 0 Å². The molecule has 58 valence electrons. The highest BCUT2D eigenvalue weighted by Crippen LogP contribution is 2.36. The van der Waals surface area contributed by atoms with Gasteiger partial charge in [0, 0.05) is 5.69 Å². The second-order valence-electron chi connectivity index (χ2n) is 2.26. The van der Waals surface area contributed by atoms with Gasteiger partial charge in [0.15, 0.2) is 0 Å². The Balaban J connectivity index is 0.000000134. The Bertz CT molecular complexity index is 242. The number of rotatable bonds is 0. The molecule has 0 aromatic carbocycles. The lowest BCUT2D eigenvalue weighted by Gasteiger charge is -1.72. The van der Waals surface area contributed by atoms with E-state index in [1.165, 1.54) is 11.1 Å². The molecule has 0 spiro atoms. The molecule has 5 heteroatoms. The third kappa shape index (κ3) is 2.59. The van der Waals surface area contributed by atoms with E-state index < -0.39 is 7.25 Å². The summed E-state index contributed by atoms with van der Waals surface area (Å²) in [4.78, 5) is 0. The van der Waals surface area contributed by atoms with Crippen molar-refractivity contribution < 1.29 is 10.0 Å². The van der Waals surface area contributed by atoms with Crippen LogP contribution in [0.2, 0.25) is 0 Å². The van der Waals surface area contributed by atoms with E-state index >= 15 is 0 Å². The summed E-state index contributed by atoms with van der Waals surface area (Å²) in [5.41, 5.74) is 13.2. The second kappa shape index (κ2) is 2.92. The Hall–Kier alpha value is -1.04. The second-order valence-corrected chi connectivity index (χ2v) is 2.26. The quantitative estimate of drug-likeness (QED) is 0.292. The van der Waals surface area contributed by atoms with Gasteiger partial charge in [0.1, 0.15) is 0 Å². The van der Waals surface area contributed by atoms with Crippen molar-refractivity contribution in [2.75, 3.05) is 5.73 Å². The molecule has 0 fully saturated rings. The highest BCUT2D eigenvalue weighted by molar-refractivity contribution is 6.36. The van der Waals surface area contributed by atoms with E-state index in [0.29, 0.717) is 0 Å². The van der Waals surface area contributed by atoms with Crippen molar-refractivity contribution in [3.8, 4) is 11.1 Å². The summed E-state index contributed by atoms with van der Waals surface area (Å²) in [6, 6.07) is 6.07. The maximum Gasteiger partial charge on any atom is 0.546 e. The zero-order valence-corrected chi connectivity index (χ0v) is 5.86. The van der Waals surface area contributed by atoms with Gasteiger partial charge in [-0.1, -0.05) is 0 Å². The smallest absolute Gasteiger partial charge is 0.413 e. The molecule has 0 heterocycles. The Kier molecular flexibility index (Phi) is 2.14. The maximum absolute atomic E-state index is 7.39. The Morgan fingerprint density at radius 1 is 1.09 bits per heavy atom. The van der Waals surface area contributed by atoms with Crippen LogP contribution in [0.3, 0.4) is 0 Å². The van der Waals surface area contributed by atoms with Gasteiger partial charge in [-0.3, -0.25) is 0 Å². The normalized spacial score (nSPS) is 9.73. The van der Waals surface area contributed by atoms with E-state index in [1.54, 1.807) is 0 Å². The Morgan fingerprint density at radius 2 is 1.45 bits per heavy atom. The summed E-state index contributed by atoms with van der Waals surface area (Å²) in [7, 11) is -1.67. The molecule has 0 aromatic heterocycles. The number of hydrogen-bond acceptors (Lipinski definition) is 4. The first-order valence-corrected chi connectivity index (χ1v) is 3.12. The van der Waals surface area contributed by atoms with E-state index in [0.717, 1.165) is 5.69 Å². The zero-order valence-electron chi connectivity index (χ0n) is 5.86. The van der Waals surface area contributed by atoms with Crippen LogP contribution in [0.5, 0.6) is 0 Å². The van der Waals surface area contributed by atoms with Gasteiger partial charge in [-0.15, -0.1) is 0 Å². The summed E-state index contributed by atoms with van der Waals surface area (Å²) in [6.45, 7) is 0. The van der Waals surface area contributed by atoms with Gasteiger partial charge in [0.25, 0.3) is 0 Å². The monoisotopic (exact) mass is 152 g/mol. The van der Waals surface area contributed by atoms with Gasteiger partial charge in [-0.05, 0) is 29.3 Å². The minimum absolute atomic E-state index is 0.896. The fraction of sp³-hybridized carbons (Fsp3) is 0. The third-order valence-corrected chi connectivity index (χ3v) is 1.21. The first kappa shape index (κ1) is 8.07. The fourth-order valence-electron chi connectivity index (χ4n) is 0.782. The van der Waals surface area contributed by atoms with E-state index in [4.69, 9.17) is 15.8 Å². The van der Waals surface area contributed by atoms with Crippen molar-refractivity contribution in [2.24, 2.45) is 5.64 Å². The van der Waals surface area contributed by atoms with Crippen molar-refractivity contribution in [3.63, 3.8) is 0 Å². The van der Waals surface area contributed by atoms with Crippen molar-refractivity contribution in [1.82, 2.24) is 0 Å². The van der Waals surface area contributed by atoms with Crippen LogP contribution < -0.4 is 11.4 Å². The molecule has 0 radical (unpaired) electrons. The summed E-state index contributed by atoms with van der Waals surface area (Å²) in [5.74, 6) is 0. The molecule has 2 rings (SSSR count). The summed E-state index contributed by atoms with van der Waals surface area (Å²) in [6.07, 6.45) is 0. The SMILES string of the molecule is NB(O)O.Nc1cc2cc-2c1. The molecule has 0 amide bonds. The standard InChI is InChI=1S/C6H5N.BH4NO2/c7-6-2-4-1-5(4)3-6;2-1(3)4/h1-3H,7H2;3-4H,2H2. The van der Waals surface area contributed by atoms with E-state index in [1.807, 2.05) is 12.1 Å². The van der Waals surface area contributed by atoms with Gasteiger partial charge < -0.3 is 21.4 Å². The van der Waals surface area contributed by atoms with Crippen LogP contribution >= 0.6 is 0 Å². The summed E-state index contributed by atoms with van der Waals surface area (Å²) >= 11 is 0. The third-order valence-electron chi connectivity index (χ3n) is 1.21.